The average molecular weight is 316 g/mol. The molecule has 3 rings (SSSR count). The molecule has 0 aliphatic carbocycles. The van der Waals surface area contributed by atoms with E-state index < -0.39 is 0 Å². The van der Waals surface area contributed by atoms with Gasteiger partial charge in [-0.25, -0.2) is 0 Å². The highest BCUT2D eigenvalue weighted by Crippen LogP contribution is 2.18. The Kier molecular flexibility index (Phi) is 5.92. The molecule has 0 aromatic heterocycles. The van der Waals surface area contributed by atoms with Crippen molar-refractivity contribution in [1.82, 2.24) is 15.1 Å². The second kappa shape index (κ2) is 8.13. The Labute approximate surface area is 141 Å². The molecule has 0 atom stereocenters. The maximum Gasteiger partial charge on any atom is 0.0367 e. The first-order chi connectivity index (χ1) is 11.2. The lowest BCUT2D eigenvalue weighted by atomic mass is 10.1. The maximum absolute atomic E-state index is 3.42. The first-order valence-corrected chi connectivity index (χ1v) is 9.23. The van der Waals surface area contributed by atoms with Crippen LogP contribution in [0.15, 0.2) is 24.3 Å². The SMILES string of the molecule is CC(C)N1CCN(c2ccc(CCN3CCNCC3)cc2)CC1. The second-order valence-corrected chi connectivity index (χ2v) is 7.12. The Bertz CT molecular complexity index is 457. The standard InChI is InChI=1S/C19H32N4/c1-17(2)22-13-15-23(16-14-22)19-5-3-18(4-6-19)7-10-21-11-8-20-9-12-21/h3-6,17,20H,7-16H2,1-2H3. The van der Waals surface area contributed by atoms with Crippen molar-refractivity contribution in [2.45, 2.75) is 26.3 Å². The minimum atomic E-state index is 0.671. The first-order valence-electron chi connectivity index (χ1n) is 9.23. The van der Waals surface area contributed by atoms with Crippen LogP contribution in [0.25, 0.3) is 0 Å². The summed E-state index contributed by atoms with van der Waals surface area (Å²) in [5.41, 5.74) is 2.85. The third kappa shape index (κ3) is 4.69. The molecular formula is C19H32N4. The molecule has 2 fully saturated rings. The zero-order valence-corrected chi connectivity index (χ0v) is 14.8. The number of rotatable bonds is 5. The lowest BCUT2D eigenvalue weighted by molar-refractivity contribution is 0.209. The number of nitrogens with one attached hydrogen (secondary N) is 1. The summed E-state index contributed by atoms with van der Waals surface area (Å²) in [4.78, 5) is 7.66. The Morgan fingerprint density at radius 2 is 1.57 bits per heavy atom. The van der Waals surface area contributed by atoms with Crippen LogP contribution in [0.5, 0.6) is 0 Å². The van der Waals surface area contributed by atoms with Crippen LogP contribution >= 0.6 is 0 Å². The van der Waals surface area contributed by atoms with Gasteiger partial charge in [0.1, 0.15) is 0 Å². The van der Waals surface area contributed by atoms with Gasteiger partial charge in [-0.05, 0) is 38.0 Å². The van der Waals surface area contributed by atoms with Crippen LogP contribution in [0.1, 0.15) is 19.4 Å². The molecule has 23 heavy (non-hydrogen) atoms. The van der Waals surface area contributed by atoms with Crippen LogP contribution in [-0.2, 0) is 6.42 Å². The van der Waals surface area contributed by atoms with Crippen molar-refractivity contribution in [3.63, 3.8) is 0 Å². The monoisotopic (exact) mass is 316 g/mol. The van der Waals surface area contributed by atoms with Gasteiger partial charge < -0.3 is 15.1 Å². The smallest absolute Gasteiger partial charge is 0.0367 e. The molecule has 4 heteroatoms. The minimum Gasteiger partial charge on any atom is -0.369 e. The third-order valence-corrected chi connectivity index (χ3v) is 5.27. The van der Waals surface area contributed by atoms with E-state index in [9.17, 15) is 0 Å². The summed E-state index contributed by atoms with van der Waals surface area (Å²) in [5, 5.41) is 3.42. The van der Waals surface area contributed by atoms with E-state index in [-0.39, 0.29) is 0 Å². The fourth-order valence-electron chi connectivity index (χ4n) is 3.59. The number of hydrogen-bond donors (Lipinski definition) is 1. The Morgan fingerprint density at radius 3 is 2.17 bits per heavy atom. The van der Waals surface area contributed by atoms with E-state index in [1.165, 1.54) is 50.4 Å². The average Bonchev–Trinajstić information content (AvgIpc) is 2.61. The second-order valence-electron chi connectivity index (χ2n) is 7.12. The molecule has 0 saturated carbocycles. The number of anilines is 1. The Hall–Kier alpha value is -1.10. The molecule has 1 aromatic rings. The zero-order chi connectivity index (χ0) is 16.1. The van der Waals surface area contributed by atoms with Gasteiger partial charge in [0, 0.05) is 70.6 Å². The molecule has 0 bridgehead atoms. The van der Waals surface area contributed by atoms with Gasteiger partial charge in [0.15, 0.2) is 0 Å². The van der Waals surface area contributed by atoms with Gasteiger partial charge in [-0.15, -0.1) is 0 Å². The predicted octanol–water partition coefficient (Wildman–Crippen LogP) is 1.66. The fourth-order valence-corrected chi connectivity index (χ4v) is 3.59. The van der Waals surface area contributed by atoms with Crippen LogP contribution in [0.3, 0.4) is 0 Å². The summed E-state index contributed by atoms with van der Waals surface area (Å²) in [6.07, 6.45) is 1.17. The van der Waals surface area contributed by atoms with Gasteiger partial charge in [-0.3, -0.25) is 4.90 Å². The molecule has 2 aliphatic rings. The fraction of sp³-hybridized carbons (Fsp3) is 0.684. The number of hydrogen-bond acceptors (Lipinski definition) is 4. The zero-order valence-electron chi connectivity index (χ0n) is 14.8. The van der Waals surface area contributed by atoms with E-state index in [1.54, 1.807) is 0 Å². The van der Waals surface area contributed by atoms with Crippen molar-refractivity contribution in [1.29, 1.82) is 0 Å². The van der Waals surface area contributed by atoms with Crippen LogP contribution in [0.2, 0.25) is 0 Å². The van der Waals surface area contributed by atoms with Crippen LogP contribution < -0.4 is 10.2 Å². The molecule has 4 nitrogen and oxygen atoms in total. The molecule has 2 aliphatic heterocycles. The van der Waals surface area contributed by atoms with Gasteiger partial charge in [-0.2, -0.15) is 0 Å². The summed E-state index contributed by atoms with van der Waals surface area (Å²) in [6, 6.07) is 9.96. The van der Waals surface area contributed by atoms with E-state index in [4.69, 9.17) is 0 Å². The normalized spacial score (nSPS) is 21.1. The lowest BCUT2D eigenvalue weighted by Gasteiger charge is -2.38. The maximum atomic E-state index is 3.42. The van der Waals surface area contributed by atoms with Gasteiger partial charge in [-0.1, -0.05) is 12.1 Å². The quantitative estimate of drug-likeness (QED) is 0.892. The number of piperazine rings is 2. The van der Waals surface area contributed by atoms with Crippen molar-refractivity contribution in [3.05, 3.63) is 29.8 Å². The minimum absolute atomic E-state index is 0.671. The Balaban J connectivity index is 1.47. The third-order valence-electron chi connectivity index (χ3n) is 5.27. The van der Waals surface area contributed by atoms with Crippen molar-refractivity contribution in [2.24, 2.45) is 0 Å². The summed E-state index contributed by atoms with van der Waals surface area (Å²) in [5.74, 6) is 0. The Morgan fingerprint density at radius 1 is 0.913 bits per heavy atom. The van der Waals surface area contributed by atoms with E-state index in [2.05, 4.69) is 58.1 Å². The van der Waals surface area contributed by atoms with Crippen LogP contribution in [0.4, 0.5) is 5.69 Å². The molecule has 2 saturated heterocycles. The highest BCUT2D eigenvalue weighted by atomic mass is 15.3. The van der Waals surface area contributed by atoms with Gasteiger partial charge in [0.2, 0.25) is 0 Å². The van der Waals surface area contributed by atoms with Gasteiger partial charge in [0.05, 0.1) is 0 Å². The largest absolute Gasteiger partial charge is 0.369 e. The van der Waals surface area contributed by atoms with Crippen molar-refractivity contribution < 1.29 is 0 Å². The van der Waals surface area contributed by atoms with E-state index in [0.29, 0.717) is 6.04 Å². The summed E-state index contributed by atoms with van der Waals surface area (Å²) in [7, 11) is 0. The molecule has 0 amide bonds. The lowest BCUT2D eigenvalue weighted by Crippen LogP contribution is -2.48. The van der Waals surface area contributed by atoms with E-state index >= 15 is 0 Å². The summed E-state index contributed by atoms with van der Waals surface area (Å²) >= 11 is 0. The molecule has 1 N–H and O–H groups in total. The van der Waals surface area contributed by atoms with Crippen molar-refractivity contribution in [2.75, 3.05) is 63.8 Å². The molecule has 0 spiro atoms. The van der Waals surface area contributed by atoms with Crippen molar-refractivity contribution in [3.8, 4) is 0 Å². The van der Waals surface area contributed by atoms with Crippen LogP contribution in [-0.4, -0.2) is 74.7 Å². The molecule has 128 valence electrons. The van der Waals surface area contributed by atoms with Crippen molar-refractivity contribution >= 4 is 5.69 Å². The van der Waals surface area contributed by atoms with Crippen LogP contribution in [0, 0.1) is 0 Å². The van der Waals surface area contributed by atoms with E-state index in [0.717, 1.165) is 26.2 Å². The topological polar surface area (TPSA) is 21.8 Å². The van der Waals surface area contributed by atoms with E-state index in [1.807, 2.05) is 0 Å². The predicted molar refractivity (Wildman–Crippen MR) is 98.4 cm³/mol. The number of nitrogens with zero attached hydrogens (tertiary/aromatic N) is 3. The van der Waals surface area contributed by atoms with Gasteiger partial charge >= 0.3 is 0 Å². The molecule has 2 heterocycles. The highest BCUT2D eigenvalue weighted by Gasteiger charge is 2.18. The summed E-state index contributed by atoms with van der Waals surface area (Å²) < 4.78 is 0. The molecule has 0 radical (unpaired) electrons. The molecular weight excluding hydrogens is 284 g/mol. The molecule has 1 aromatic carbocycles. The highest BCUT2D eigenvalue weighted by molar-refractivity contribution is 5.48. The first kappa shape index (κ1) is 16.7. The molecule has 0 unspecified atom stereocenters. The number of benzene rings is 1. The van der Waals surface area contributed by atoms with Gasteiger partial charge in [0.25, 0.3) is 0 Å². The summed E-state index contributed by atoms with van der Waals surface area (Å²) in [6.45, 7) is 15.1.